The second-order valence-corrected chi connectivity index (χ2v) is 4.72. The molecule has 5 nitrogen and oxygen atoms in total. The van der Waals surface area contributed by atoms with Gasteiger partial charge in [0.25, 0.3) is 5.91 Å². The number of nitrogens with zero attached hydrogens (tertiary/aromatic N) is 1. The van der Waals surface area contributed by atoms with E-state index >= 15 is 0 Å². The van der Waals surface area contributed by atoms with Crippen molar-refractivity contribution in [3.63, 3.8) is 0 Å². The zero-order chi connectivity index (χ0) is 13.8. The third-order valence-electron chi connectivity index (χ3n) is 3.10. The lowest BCUT2D eigenvalue weighted by molar-refractivity contribution is 0.0572. The number of carbonyl (C=O) groups is 1. The lowest BCUT2D eigenvalue weighted by Crippen LogP contribution is -2.29. The summed E-state index contributed by atoms with van der Waals surface area (Å²) in [4.78, 5) is 13.7. The molecule has 104 valence electrons. The zero-order valence-electron chi connectivity index (χ0n) is 11.0. The summed E-state index contributed by atoms with van der Waals surface area (Å²) in [7, 11) is 0. The van der Waals surface area contributed by atoms with E-state index in [0.29, 0.717) is 17.9 Å². The number of hydrogen-bond donors (Lipinski definition) is 2. The molecule has 1 amide bonds. The molecule has 1 heterocycles. The molecule has 2 unspecified atom stereocenters. The number of benzene rings is 1. The Kier molecular flexibility index (Phi) is 4.39. The van der Waals surface area contributed by atoms with Crippen LogP contribution in [0.15, 0.2) is 24.3 Å². The van der Waals surface area contributed by atoms with Crippen LogP contribution in [-0.4, -0.2) is 52.9 Å². The molecule has 2 atom stereocenters. The first kappa shape index (κ1) is 13.8. The van der Waals surface area contributed by atoms with Gasteiger partial charge >= 0.3 is 0 Å². The highest BCUT2D eigenvalue weighted by Crippen LogP contribution is 2.18. The van der Waals surface area contributed by atoms with Crippen LogP contribution in [0.1, 0.15) is 23.7 Å². The van der Waals surface area contributed by atoms with Crippen LogP contribution in [0.2, 0.25) is 0 Å². The number of β-amino-alcohol motifs (C(OH)–C–C–N with tert-alkyl or cyclic N) is 2. The Hall–Kier alpha value is -1.59. The first-order valence-electron chi connectivity index (χ1n) is 6.50. The molecule has 0 radical (unpaired) electrons. The minimum atomic E-state index is -0.858. The average Bonchev–Trinajstić information content (AvgIpc) is 2.76. The van der Waals surface area contributed by atoms with E-state index in [9.17, 15) is 15.0 Å². The largest absolute Gasteiger partial charge is 0.494 e. The summed E-state index contributed by atoms with van der Waals surface area (Å²) in [6.45, 7) is 2.96. The van der Waals surface area contributed by atoms with Crippen LogP contribution in [0.25, 0.3) is 0 Å². The van der Waals surface area contributed by atoms with Crippen LogP contribution in [-0.2, 0) is 0 Å². The summed E-state index contributed by atoms with van der Waals surface area (Å²) in [5, 5.41) is 18.9. The Bertz CT molecular complexity index is 439. The van der Waals surface area contributed by atoms with E-state index < -0.39 is 12.2 Å². The number of aliphatic hydroxyl groups is 2. The van der Waals surface area contributed by atoms with Gasteiger partial charge in [-0.1, -0.05) is 13.0 Å². The van der Waals surface area contributed by atoms with E-state index in [1.54, 1.807) is 24.3 Å². The van der Waals surface area contributed by atoms with E-state index in [1.165, 1.54) is 4.90 Å². The first-order valence-corrected chi connectivity index (χ1v) is 6.50. The molecule has 0 spiro atoms. The fraction of sp³-hybridized carbons (Fsp3) is 0.500. The van der Waals surface area contributed by atoms with Crippen molar-refractivity contribution >= 4 is 5.91 Å². The summed E-state index contributed by atoms with van der Waals surface area (Å²) in [6.07, 6.45) is -0.810. The quantitative estimate of drug-likeness (QED) is 0.838. The standard InChI is InChI=1S/C14H19NO4/c1-2-6-19-11-5-3-4-10(7-11)14(18)15-8-12(16)13(17)9-15/h3-5,7,12-13,16-17H,2,6,8-9H2,1H3. The molecule has 1 aromatic rings. The minimum Gasteiger partial charge on any atom is -0.494 e. The lowest BCUT2D eigenvalue weighted by atomic mass is 10.2. The molecule has 0 bridgehead atoms. The van der Waals surface area contributed by atoms with Crippen molar-refractivity contribution in [1.82, 2.24) is 4.90 Å². The summed E-state index contributed by atoms with van der Waals surface area (Å²) in [5.41, 5.74) is 0.509. The molecule has 1 fully saturated rings. The van der Waals surface area contributed by atoms with Crippen molar-refractivity contribution in [2.45, 2.75) is 25.6 Å². The highest BCUT2D eigenvalue weighted by atomic mass is 16.5. The first-order chi connectivity index (χ1) is 9.11. The number of carbonyl (C=O) groups excluding carboxylic acids is 1. The van der Waals surface area contributed by atoms with Crippen molar-refractivity contribution < 1.29 is 19.7 Å². The van der Waals surface area contributed by atoms with Gasteiger partial charge in [0.15, 0.2) is 0 Å². The fourth-order valence-corrected chi connectivity index (χ4v) is 2.06. The van der Waals surface area contributed by atoms with E-state index in [0.717, 1.165) is 6.42 Å². The topological polar surface area (TPSA) is 70.0 Å². The number of amides is 1. The van der Waals surface area contributed by atoms with Gasteiger partial charge in [-0.3, -0.25) is 4.79 Å². The monoisotopic (exact) mass is 265 g/mol. The van der Waals surface area contributed by atoms with Crippen LogP contribution in [0, 0.1) is 0 Å². The molecule has 1 aromatic carbocycles. The molecule has 0 saturated carbocycles. The van der Waals surface area contributed by atoms with Gasteiger partial charge in [0, 0.05) is 18.7 Å². The van der Waals surface area contributed by atoms with Gasteiger partial charge in [0.05, 0.1) is 18.8 Å². The number of hydrogen-bond acceptors (Lipinski definition) is 4. The minimum absolute atomic E-state index is 0.167. The fourth-order valence-electron chi connectivity index (χ4n) is 2.06. The van der Waals surface area contributed by atoms with E-state index in [-0.39, 0.29) is 19.0 Å². The molecule has 19 heavy (non-hydrogen) atoms. The smallest absolute Gasteiger partial charge is 0.254 e. The van der Waals surface area contributed by atoms with E-state index in [1.807, 2.05) is 6.92 Å². The molecule has 0 aromatic heterocycles. The van der Waals surface area contributed by atoms with Crippen molar-refractivity contribution in [3.05, 3.63) is 29.8 Å². The van der Waals surface area contributed by atoms with E-state index in [2.05, 4.69) is 0 Å². The van der Waals surface area contributed by atoms with E-state index in [4.69, 9.17) is 4.74 Å². The summed E-state index contributed by atoms with van der Waals surface area (Å²) < 4.78 is 5.48. The Morgan fingerprint density at radius 1 is 1.37 bits per heavy atom. The maximum absolute atomic E-state index is 12.2. The van der Waals surface area contributed by atoms with Crippen molar-refractivity contribution in [3.8, 4) is 5.75 Å². The molecule has 5 heteroatoms. The Morgan fingerprint density at radius 2 is 2.05 bits per heavy atom. The second-order valence-electron chi connectivity index (χ2n) is 4.72. The third-order valence-corrected chi connectivity index (χ3v) is 3.10. The summed E-state index contributed by atoms with van der Waals surface area (Å²) in [5.74, 6) is 0.463. The Labute approximate surface area is 112 Å². The van der Waals surface area contributed by atoms with Crippen molar-refractivity contribution in [2.75, 3.05) is 19.7 Å². The van der Waals surface area contributed by atoms with Gasteiger partial charge in [-0.15, -0.1) is 0 Å². The predicted molar refractivity (Wildman–Crippen MR) is 70.1 cm³/mol. The van der Waals surface area contributed by atoms with Crippen molar-refractivity contribution in [1.29, 1.82) is 0 Å². The van der Waals surface area contributed by atoms with Crippen LogP contribution >= 0.6 is 0 Å². The highest BCUT2D eigenvalue weighted by Gasteiger charge is 2.32. The highest BCUT2D eigenvalue weighted by molar-refractivity contribution is 5.94. The summed E-state index contributed by atoms with van der Waals surface area (Å²) >= 11 is 0. The number of aliphatic hydroxyl groups excluding tert-OH is 2. The molecule has 2 N–H and O–H groups in total. The van der Waals surface area contributed by atoms with Crippen LogP contribution in [0.4, 0.5) is 0 Å². The van der Waals surface area contributed by atoms with Crippen LogP contribution < -0.4 is 4.74 Å². The summed E-state index contributed by atoms with van der Waals surface area (Å²) in [6, 6.07) is 6.97. The van der Waals surface area contributed by atoms with Crippen LogP contribution in [0.5, 0.6) is 5.75 Å². The average molecular weight is 265 g/mol. The normalized spacial score (nSPS) is 22.6. The van der Waals surface area contributed by atoms with Gasteiger partial charge in [-0.25, -0.2) is 0 Å². The van der Waals surface area contributed by atoms with Crippen molar-refractivity contribution in [2.24, 2.45) is 0 Å². The SMILES string of the molecule is CCCOc1cccc(C(=O)N2CC(O)C(O)C2)c1. The van der Waals surface area contributed by atoms with Crippen LogP contribution in [0.3, 0.4) is 0 Å². The molecule has 1 saturated heterocycles. The predicted octanol–water partition coefficient (Wildman–Crippen LogP) is 0.653. The maximum atomic E-state index is 12.2. The van der Waals surface area contributed by atoms with Gasteiger partial charge < -0.3 is 19.8 Å². The Balaban J connectivity index is 2.07. The lowest BCUT2D eigenvalue weighted by Gasteiger charge is -2.16. The number of likely N-dealkylation sites (tertiary alicyclic amines) is 1. The maximum Gasteiger partial charge on any atom is 0.254 e. The second kappa shape index (κ2) is 6.04. The van der Waals surface area contributed by atoms with Gasteiger partial charge in [0.1, 0.15) is 5.75 Å². The molecule has 1 aliphatic rings. The van der Waals surface area contributed by atoms with Gasteiger partial charge in [0.2, 0.25) is 0 Å². The molecule has 0 aliphatic carbocycles. The third kappa shape index (κ3) is 3.24. The zero-order valence-corrected chi connectivity index (χ0v) is 11.0. The Morgan fingerprint density at radius 3 is 2.68 bits per heavy atom. The van der Waals surface area contributed by atoms with Gasteiger partial charge in [-0.2, -0.15) is 0 Å². The number of ether oxygens (including phenoxy) is 1. The number of rotatable bonds is 4. The molecular weight excluding hydrogens is 246 g/mol. The molecular formula is C14H19NO4. The molecule has 1 aliphatic heterocycles. The molecule has 2 rings (SSSR count). The van der Waals surface area contributed by atoms with Gasteiger partial charge in [-0.05, 0) is 24.6 Å².